The number of methoxy groups -OCH3 is 2. The van der Waals surface area contributed by atoms with E-state index in [1.54, 1.807) is 18.2 Å². The highest BCUT2D eigenvalue weighted by atomic mass is 16.6. The van der Waals surface area contributed by atoms with E-state index in [0.29, 0.717) is 17.2 Å². The Balaban J connectivity index is 2.99. The van der Waals surface area contributed by atoms with Crippen LogP contribution in [0, 0.1) is 5.92 Å². The Morgan fingerprint density at radius 1 is 1.24 bits per heavy atom. The molecule has 1 atom stereocenters. The van der Waals surface area contributed by atoms with E-state index >= 15 is 0 Å². The second kappa shape index (κ2) is 6.13. The average molecular weight is 238 g/mol. The van der Waals surface area contributed by atoms with Gasteiger partial charge in [0.2, 0.25) is 5.75 Å². The summed E-state index contributed by atoms with van der Waals surface area (Å²) in [5.74, 6) is 0.879. The smallest absolute Gasteiger partial charge is 0.314 e. The lowest BCUT2D eigenvalue weighted by molar-refractivity contribution is -0.138. The topological polar surface area (TPSA) is 44.8 Å². The highest BCUT2D eigenvalue weighted by Gasteiger charge is 2.19. The molecule has 94 valence electrons. The van der Waals surface area contributed by atoms with Crippen LogP contribution in [0.25, 0.3) is 0 Å². The Morgan fingerprint density at radius 3 is 2.18 bits per heavy atom. The van der Waals surface area contributed by atoms with E-state index in [0.717, 1.165) is 6.42 Å². The lowest BCUT2D eigenvalue weighted by Gasteiger charge is -2.14. The third-order valence-corrected chi connectivity index (χ3v) is 2.60. The van der Waals surface area contributed by atoms with Crippen molar-refractivity contribution in [2.75, 3.05) is 14.2 Å². The van der Waals surface area contributed by atoms with Crippen LogP contribution in [0.5, 0.6) is 17.2 Å². The van der Waals surface area contributed by atoms with Gasteiger partial charge in [0.15, 0.2) is 11.5 Å². The van der Waals surface area contributed by atoms with Gasteiger partial charge in [-0.05, 0) is 18.6 Å². The maximum Gasteiger partial charge on any atom is 0.314 e. The second-order valence-corrected chi connectivity index (χ2v) is 3.72. The zero-order valence-corrected chi connectivity index (χ0v) is 10.6. The van der Waals surface area contributed by atoms with Crippen LogP contribution in [-0.2, 0) is 4.79 Å². The van der Waals surface area contributed by atoms with E-state index in [1.807, 2.05) is 13.8 Å². The molecule has 17 heavy (non-hydrogen) atoms. The van der Waals surface area contributed by atoms with Crippen molar-refractivity contribution >= 4 is 5.97 Å². The zero-order valence-electron chi connectivity index (χ0n) is 10.6. The molecule has 1 aromatic carbocycles. The minimum absolute atomic E-state index is 0.149. The minimum atomic E-state index is -0.282. The van der Waals surface area contributed by atoms with Crippen LogP contribution in [0.2, 0.25) is 0 Å². The van der Waals surface area contributed by atoms with Crippen LogP contribution in [0.15, 0.2) is 18.2 Å². The maximum absolute atomic E-state index is 11.7. The maximum atomic E-state index is 11.7. The summed E-state index contributed by atoms with van der Waals surface area (Å²) in [4.78, 5) is 11.7. The minimum Gasteiger partial charge on any atom is -0.493 e. The number of benzene rings is 1. The molecule has 0 radical (unpaired) electrons. The first-order chi connectivity index (χ1) is 8.13. The molecule has 4 heteroatoms. The Bertz CT molecular complexity index is 365. The molecule has 0 spiro atoms. The third-order valence-electron chi connectivity index (χ3n) is 2.60. The van der Waals surface area contributed by atoms with Crippen molar-refractivity contribution in [3.8, 4) is 17.2 Å². The van der Waals surface area contributed by atoms with Crippen LogP contribution in [0.1, 0.15) is 20.3 Å². The summed E-state index contributed by atoms with van der Waals surface area (Å²) >= 11 is 0. The molecule has 0 aliphatic carbocycles. The molecule has 0 heterocycles. The van der Waals surface area contributed by atoms with Gasteiger partial charge < -0.3 is 14.2 Å². The van der Waals surface area contributed by atoms with E-state index in [9.17, 15) is 4.79 Å². The largest absolute Gasteiger partial charge is 0.493 e. The zero-order chi connectivity index (χ0) is 12.8. The van der Waals surface area contributed by atoms with Gasteiger partial charge in [-0.1, -0.05) is 19.9 Å². The van der Waals surface area contributed by atoms with E-state index in [1.165, 1.54) is 14.2 Å². The summed E-state index contributed by atoms with van der Waals surface area (Å²) in [7, 11) is 3.05. The van der Waals surface area contributed by atoms with Crippen molar-refractivity contribution < 1.29 is 19.0 Å². The standard InChI is InChI=1S/C13H18O4/c1-5-9(2)13(14)17-12-10(15-3)7-6-8-11(12)16-4/h6-9H,5H2,1-4H3. The fourth-order valence-electron chi connectivity index (χ4n) is 1.29. The highest BCUT2D eigenvalue weighted by molar-refractivity contribution is 5.76. The highest BCUT2D eigenvalue weighted by Crippen LogP contribution is 2.37. The molecule has 0 aliphatic rings. The van der Waals surface area contributed by atoms with Gasteiger partial charge in [0.1, 0.15) is 0 Å². The van der Waals surface area contributed by atoms with Crippen molar-refractivity contribution in [2.45, 2.75) is 20.3 Å². The molecule has 0 saturated heterocycles. The third kappa shape index (κ3) is 3.12. The average Bonchev–Trinajstić information content (AvgIpc) is 2.37. The van der Waals surface area contributed by atoms with E-state index in [4.69, 9.17) is 14.2 Å². The second-order valence-electron chi connectivity index (χ2n) is 3.72. The number of hydrogen-bond acceptors (Lipinski definition) is 4. The van der Waals surface area contributed by atoms with Gasteiger partial charge in [0.25, 0.3) is 0 Å². The Kier molecular flexibility index (Phi) is 4.82. The Hall–Kier alpha value is -1.71. The molecule has 0 aromatic heterocycles. The SMILES string of the molecule is CCC(C)C(=O)Oc1c(OC)cccc1OC. The predicted molar refractivity (Wildman–Crippen MR) is 64.6 cm³/mol. The lowest BCUT2D eigenvalue weighted by atomic mass is 10.1. The Labute approximate surface area is 101 Å². The van der Waals surface area contributed by atoms with E-state index in [2.05, 4.69) is 0 Å². The number of carbonyl (C=O) groups excluding carboxylic acids is 1. The summed E-state index contributed by atoms with van der Waals surface area (Å²) in [6, 6.07) is 5.22. The number of carbonyl (C=O) groups is 1. The quantitative estimate of drug-likeness (QED) is 0.584. The summed E-state index contributed by atoms with van der Waals surface area (Å²) in [6.07, 6.45) is 0.732. The van der Waals surface area contributed by atoms with Gasteiger partial charge in [-0.15, -0.1) is 0 Å². The van der Waals surface area contributed by atoms with Gasteiger partial charge in [0.05, 0.1) is 20.1 Å². The molecule has 4 nitrogen and oxygen atoms in total. The molecule has 0 saturated carbocycles. The first kappa shape index (κ1) is 13.4. The van der Waals surface area contributed by atoms with Crippen molar-refractivity contribution in [3.63, 3.8) is 0 Å². The van der Waals surface area contributed by atoms with Crippen LogP contribution in [0.4, 0.5) is 0 Å². The van der Waals surface area contributed by atoms with Gasteiger partial charge >= 0.3 is 5.97 Å². The first-order valence-corrected chi connectivity index (χ1v) is 5.56. The molecule has 0 aliphatic heterocycles. The number of hydrogen-bond donors (Lipinski definition) is 0. The predicted octanol–water partition coefficient (Wildman–Crippen LogP) is 2.66. The van der Waals surface area contributed by atoms with Crippen LogP contribution in [-0.4, -0.2) is 20.2 Å². The van der Waals surface area contributed by atoms with Crippen molar-refractivity contribution in [1.29, 1.82) is 0 Å². The van der Waals surface area contributed by atoms with Crippen molar-refractivity contribution in [3.05, 3.63) is 18.2 Å². The number of esters is 1. The molecular weight excluding hydrogens is 220 g/mol. The van der Waals surface area contributed by atoms with E-state index < -0.39 is 0 Å². The van der Waals surface area contributed by atoms with Crippen LogP contribution in [0.3, 0.4) is 0 Å². The molecule has 0 N–H and O–H groups in total. The van der Waals surface area contributed by atoms with Gasteiger partial charge in [-0.25, -0.2) is 0 Å². The molecule has 0 fully saturated rings. The normalized spacial score (nSPS) is 11.8. The van der Waals surface area contributed by atoms with Crippen molar-refractivity contribution in [2.24, 2.45) is 5.92 Å². The molecule has 1 rings (SSSR count). The van der Waals surface area contributed by atoms with Gasteiger partial charge in [-0.3, -0.25) is 4.79 Å². The van der Waals surface area contributed by atoms with Gasteiger partial charge in [0, 0.05) is 0 Å². The summed E-state index contributed by atoms with van der Waals surface area (Å²) < 4.78 is 15.6. The summed E-state index contributed by atoms with van der Waals surface area (Å²) in [5.41, 5.74) is 0. The molecule has 1 unspecified atom stereocenters. The molecule has 1 aromatic rings. The number of para-hydroxylation sites is 1. The monoisotopic (exact) mass is 238 g/mol. The van der Waals surface area contributed by atoms with Gasteiger partial charge in [-0.2, -0.15) is 0 Å². The number of ether oxygens (including phenoxy) is 3. The first-order valence-electron chi connectivity index (χ1n) is 5.56. The fraction of sp³-hybridized carbons (Fsp3) is 0.462. The fourth-order valence-corrected chi connectivity index (χ4v) is 1.29. The molecule has 0 bridgehead atoms. The van der Waals surface area contributed by atoms with Crippen LogP contribution < -0.4 is 14.2 Å². The summed E-state index contributed by atoms with van der Waals surface area (Å²) in [6.45, 7) is 3.76. The molecular formula is C13H18O4. The summed E-state index contributed by atoms with van der Waals surface area (Å²) in [5, 5.41) is 0. The van der Waals surface area contributed by atoms with E-state index in [-0.39, 0.29) is 11.9 Å². The molecule has 0 amide bonds. The lowest BCUT2D eigenvalue weighted by Crippen LogP contribution is -2.17. The number of rotatable bonds is 5. The van der Waals surface area contributed by atoms with Crippen molar-refractivity contribution in [1.82, 2.24) is 0 Å². The Morgan fingerprint density at radius 2 is 1.76 bits per heavy atom. The van der Waals surface area contributed by atoms with Crippen LogP contribution >= 0.6 is 0 Å².